The van der Waals surface area contributed by atoms with Crippen molar-refractivity contribution in [2.24, 2.45) is 5.92 Å². The van der Waals surface area contributed by atoms with Crippen LogP contribution in [0.25, 0.3) is 0 Å². The summed E-state index contributed by atoms with van der Waals surface area (Å²) in [5.41, 5.74) is -0.0215. The minimum absolute atomic E-state index is 0.0490. The van der Waals surface area contributed by atoms with Crippen LogP contribution in [0.1, 0.15) is 32.8 Å². The third-order valence-electron chi connectivity index (χ3n) is 3.81. The highest BCUT2D eigenvalue weighted by molar-refractivity contribution is 5.68. The van der Waals surface area contributed by atoms with E-state index in [1.165, 1.54) is 6.07 Å². The molecule has 2 unspecified atom stereocenters. The number of nitrogens with zero attached hydrogens (tertiary/aromatic N) is 1. The Morgan fingerprint density at radius 3 is 2.77 bits per heavy atom. The van der Waals surface area contributed by atoms with Crippen LogP contribution in [0.4, 0.5) is 9.18 Å². The fourth-order valence-electron chi connectivity index (χ4n) is 2.65. The average Bonchev–Trinajstić information content (AvgIpc) is 2.89. The topological polar surface area (TPSA) is 49.8 Å². The maximum absolute atomic E-state index is 13.6. The summed E-state index contributed by atoms with van der Waals surface area (Å²) in [5, 5.41) is 10.3. The molecule has 4 nitrogen and oxygen atoms in total. The number of ether oxygens (including phenoxy) is 1. The zero-order chi connectivity index (χ0) is 16.3. The fourth-order valence-corrected chi connectivity index (χ4v) is 2.65. The smallest absolute Gasteiger partial charge is 0.410 e. The second kappa shape index (κ2) is 6.65. The summed E-state index contributed by atoms with van der Waals surface area (Å²) in [7, 11) is 0. The summed E-state index contributed by atoms with van der Waals surface area (Å²) in [4.78, 5) is 13.6. The van der Waals surface area contributed by atoms with Crippen molar-refractivity contribution in [1.82, 2.24) is 4.90 Å². The zero-order valence-electron chi connectivity index (χ0n) is 13.4. The molecule has 1 aliphatic rings. The standard InChI is InChI=1S/C17H24FNO3/c1-17(2,3)22-16(21)19-9-8-13(11-19)15(20)10-12-6-4-5-7-14(12)18/h4-7,13,15,20H,8-11H2,1-3H3. The molecule has 2 atom stereocenters. The Morgan fingerprint density at radius 2 is 2.14 bits per heavy atom. The van der Waals surface area contributed by atoms with E-state index in [-0.39, 0.29) is 24.2 Å². The molecule has 0 aliphatic carbocycles. The van der Waals surface area contributed by atoms with Crippen LogP contribution < -0.4 is 0 Å². The van der Waals surface area contributed by atoms with E-state index in [1.54, 1.807) is 23.1 Å². The zero-order valence-corrected chi connectivity index (χ0v) is 13.4. The van der Waals surface area contributed by atoms with Gasteiger partial charge in [0.2, 0.25) is 0 Å². The van der Waals surface area contributed by atoms with Gasteiger partial charge in [-0.3, -0.25) is 0 Å². The molecule has 0 bridgehead atoms. The van der Waals surface area contributed by atoms with Gasteiger partial charge in [-0.25, -0.2) is 9.18 Å². The molecular weight excluding hydrogens is 285 g/mol. The summed E-state index contributed by atoms with van der Waals surface area (Å²) in [6.07, 6.45) is -0.0496. The van der Waals surface area contributed by atoms with Crippen molar-refractivity contribution in [3.05, 3.63) is 35.6 Å². The van der Waals surface area contributed by atoms with Gasteiger partial charge in [-0.05, 0) is 38.8 Å². The van der Waals surface area contributed by atoms with Crippen molar-refractivity contribution < 1.29 is 19.0 Å². The summed E-state index contributed by atoms with van der Waals surface area (Å²) in [6.45, 7) is 6.49. The second-order valence-electron chi connectivity index (χ2n) is 6.84. The van der Waals surface area contributed by atoms with E-state index < -0.39 is 11.7 Å². The lowest BCUT2D eigenvalue weighted by Crippen LogP contribution is -2.36. The van der Waals surface area contributed by atoms with Crippen molar-refractivity contribution in [1.29, 1.82) is 0 Å². The predicted molar refractivity (Wildman–Crippen MR) is 82.0 cm³/mol. The monoisotopic (exact) mass is 309 g/mol. The van der Waals surface area contributed by atoms with E-state index in [2.05, 4.69) is 0 Å². The fraction of sp³-hybridized carbons (Fsp3) is 0.588. The lowest BCUT2D eigenvalue weighted by atomic mass is 9.95. The van der Waals surface area contributed by atoms with Crippen LogP contribution in [0.2, 0.25) is 0 Å². The number of hydrogen-bond acceptors (Lipinski definition) is 3. The molecule has 122 valence electrons. The van der Waals surface area contributed by atoms with Crippen LogP contribution in [0, 0.1) is 11.7 Å². The lowest BCUT2D eigenvalue weighted by molar-refractivity contribution is 0.0268. The van der Waals surface area contributed by atoms with E-state index in [0.29, 0.717) is 25.1 Å². The van der Waals surface area contributed by atoms with Crippen molar-refractivity contribution >= 4 is 6.09 Å². The van der Waals surface area contributed by atoms with Gasteiger partial charge in [-0.15, -0.1) is 0 Å². The molecule has 0 radical (unpaired) electrons. The van der Waals surface area contributed by atoms with E-state index >= 15 is 0 Å². The van der Waals surface area contributed by atoms with Crippen molar-refractivity contribution in [3.8, 4) is 0 Å². The van der Waals surface area contributed by atoms with E-state index in [4.69, 9.17) is 4.74 Å². The summed E-state index contributed by atoms with van der Waals surface area (Å²) in [6, 6.07) is 6.46. The maximum Gasteiger partial charge on any atom is 0.410 e. The molecule has 0 saturated carbocycles. The van der Waals surface area contributed by atoms with Gasteiger partial charge in [0.15, 0.2) is 0 Å². The Kier molecular flexibility index (Phi) is 5.06. The molecule has 1 aromatic carbocycles. The van der Waals surface area contributed by atoms with Crippen LogP contribution in [-0.2, 0) is 11.2 Å². The second-order valence-corrected chi connectivity index (χ2v) is 6.84. The molecule has 1 heterocycles. The Hall–Kier alpha value is -1.62. The number of carbonyl (C=O) groups is 1. The number of hydrogen-bond donors (Lipinski definition) is 1. The first-order valence-corrected chi connectivity index (χ1v) is 7.65. The first kappa shape index (κ1) is 16.7. The molecule has 2 rings (SSSR count). The highest BCUT2D eigenvalue weighted by Crippen LogP contribution is 2.24. The summed E-state index contributed by atoms with van der Waals surface area (Å²) < 4.78 is 19.0. The predicted octanol–water partition coefficient (Wildman–Crippen LogP) is 2.99. The Balaban J connectivity index is 1.90. The van der Waals surface area contributed by atoms with E-state index in [9.17, 15) is 14.3 Å². The quantitative estimate of drug-likeness (QED) is 0.934. The van der Waals surface area contributed by atoms with Crippen molar-refractivity contribution in [3.63, 3.8) is 0 Å². The molecule has 0 spiro atoms. The minimum atomic E-state index is -0.663. The first-order valence-electron chi connectivity index (χ1n) is 7.65. The van der Waals surface area contributed by atoms with Crippen LogP contribution in [0.5, 0.6) is 0 Å². The van der Waals surface area contributed by atoms with E-state index in [1.807, 2.05) is 20.8 Å². The third-order valence-corrected chi connectivity index (χ3v) is 3.81. The molecule has 1 aromatic rings. The van der Waals surface area contributed by atoms with Gasteiger partial charge in [0.25, 0.3) is 0 Å². The van der Waals surface area contributed by atoms with Crippen molar-refractivity contribution in [2.45, 2.75) is 45.3 Å². The molecule has 1 amide bonds. The number of amides is 1. The van der Waals surface area contributed by atoms with Gasteiger partial charge in [-0.2, -0.15) is 0 Å². The van der Waals surface area contributed by atoms with Gasteiger partial charge < -0.3 is 14.7 Å². The number of halogens is 1. The molecule has 5 heteroatoms. The van der Waals surface area contributed by atoms with Gasteiger partial charge in [-0.1, -0.05) is 18.2 Å². The normalized spacial score (nSPS) is 20.0. The highest BCUT2D eigenvalue weighted by Gasteiger charge is 2.33. The maximum atomic E-state index is 13.6. The number of carbonyl (C=O) groups excluding carboxylic acids is 1. The number of rotatable bonds is 3. The van der Waals surface area contributed by atoms with Crippen LogP contribution in [0.3, 0.4) is 0 Å². The third kappa shape index (κ3) is 4.44. The summed E-state index contributed by atoms with van der Waals surface area (Å²) in [5.74, 6) is -0.351. The lowest BCUT2D eigenvalue weighted by Gasteiger charge is -2.25. The molecule has 1 saturated heterocycles. The molecule has 1 aliphatic heterocycles. The average molecular weight is 309 g/mol. The Bertz CT molecular complexity index is 527. The van der Waals surface area contributed by atoms with Gasteiger partial charge in [0.05, 0.1) is 6.10 Å². The Labute approximate surface area is 130 Å². The Morgan fingerprint density at radius 1 is 1.45 bits per heavy atom. The van der Waals surface area contributed by atoms with Crippen LogP contribution >= 0.6 is 0 Å². The molecule has 22 heavy (non-hydrogen) atoms. The number of aliphatic hydroxyl groups is 1. The number of benzene rings is 1. The van der Waals surface area contributed by atoms with Gasteiger partial charge in [0, 0.05) is 25.4 Å². The number of likely N-dealkylation sites (tertiary alicyclic amines) is 1. The highest BCUT2D eigenvalue weighted by atomic mass is 19.1. The molecule has 1 fully saturated rings. The number of aliphatic hydroxyl groups excluding tert-OH is 1. The molecule has 0 aromatic heterocycles. The summed E-state index contributed by atoms with van der Waals surface area (Å²) >= 11 is 0. The van der Waals surface area contributed by atoms with Crippen LogP contribution in [0.15, 0.2) is 24.3 Å². The van der Waals surface area contributed by atoms with Crippen molar-refractivity contribution in [2.75, 3.05) is 13.1 Å². The van der Waals surface area contributed by atoms with Gasteiger partial charge in [0.1, 0.15) is 11.4 Å². The SMILES string of the molecule is CC(C)(C)OC(=O)N1CCC(C(O)Cc2ccccc2F)C1. The molecule has 1 N–H and O–H groups in total. The van der Waals surface area contributed by atoms with Crippen LogP contribution in [-0.4, -0.2) is 40.9 Å². The van der Waals surface area contributed by atoms with E-state index in [0.717, 1.165) is 0 Å². The van der Waals surface area contributed by atoms with Gasteiger partial charge >= 0.3 is 6.09 Å². The largest absolute Gasteiger partial charge is 0.444 e. The molecular formula is C17H24FNO3. The first-order chi connectivity index (χ1) is 10.3. The minimum Gasteiger partial charge on any atom is -0.444 e.